The van der Waals surface area contributed by atoms with E-state index in [4.69, 9.17) is 14.5 Å². The summed E-state index contributed by atoms with van der Waals surface area (Å²) in [6, 6.07) is 32.4. The Kier molecular flexibility index (Phi) is 10.5. The molecule has 0 aromatic heterocycles. The minimum atomic E-state index is -0.370. The molecule has 4 aromatic rings. The van der Waals surface area contributed by atoms with Gasteiger partial charge in [-0.15, -0.1) is 11.8 Å². The molecule has 202 valence electrons. The highest BCUT2D eigenvalue weighted by Crippen LogP contribution is 2.28. The van der Waals surface area contributed by atoms with Crippen molar-refractivity contribution in [3.8, 4) is 34.5 Å². The molecule has 4 aromatic carbocycles. The summed E-state index contributed by atoms with van der Waals surface area (Å²) in [6.07, 6.45) is 3.21. The van der Waals surface area contributed by atoms with Gasteiger partial charge in [0.2, 0.25) is 0 Å². The molecular formula is C35H32O4S. The number of allylic oxidation sites excluding steroid dienone is 1. The molecule has 4 nitrogen and oxygen atoms in total. The Labute approximate surface area is 240 Å². The molecule has 0 aliphatic rings. The number of thioether (sulfide) groups is 1. The maximum atomic E-state index is 11.6. The minimum absolute atomic E-state index is 0.331. The summed E-state index contributed by atoms with van der Waals surface area (Å²) in [6.45, 7) is 3.85. The summed E-state index contributed by atoms with van der Waals surface area (Å²) in [5.41, 5.74) is 6.19. The van der Waals surface area contributed by atoms with E-state index in [9.17, 15) is 4.79 Å². The maximum absolute atomic E-state index is 11.6. The first-order chi connectivity index (χ1) is 19.6. The summed E-state index contributed by atoms with van der Waals surface area (Å²) >= 11 is 1.70. The zero-order valence-electron chi connectivity index (χ0n) is 23.0. The number of hydrogen-bond acceptors (Lipinski definition) is 5. The molecule has 0 bridgehead atoms. The van der Waals surface area contributed by atoms with Gasteiger partial charge in [-0.05, 0) is 78.1 Å². The molecule has 0 amide bonds. The van der Waals surface area contributed by atoms with Crippen LogP contribution in [-0.4, -0.2) is 18.8 Å². The van der Waals surface area contributed by atoms with Gasteiger partial charge in [-0.25, -0.2) is 4.79 Å². The number of carbonyl (C=O) groups excluding carboxylic acids is 1. The normalized spacial score (nSPS) is 10.8. The Morgan fingerprint density at radius 3 is 2.30 bits per heavy atom. The molecule has 4 rings (SSSR count). The minimum Gasteiger partial charge on any atom is -0.497 e. The largest absolute Gasteiger partial charge is 0.497 e. The van der Waals surface area contributed by atoms with E-state index in [2.05, 4.69) is 54.3 Å². The fourth-order valence-corrected chi connectivity index (χ4v) is 4.76. The lowest BCUT2D eigenvalue weighted by Gasteiger charge is -2.08. The number of rotatable bonds is 10. The van der Waals surface area contributed by atoms with E-state index < -0.39 is 0 Å². The number of methoxy groups -OCH3 is 1. The Balaban J connectivity index is 1.51. The molecule has 0 heterocycles. The molecule has 0 aliphatic carbocycles. The van der Waals surface area contributed by atoms with Crippen molar-refractivity contribution in [3.63, 3.8) is 0 Å². The van der Waals surface area contributed by atoms with E-state index in [1.165, 1.54) is 11.1 Å². The van der Waals surface area contributed by atoms with Crippen LogP contribution in [0, 0.1) is 18.8 Å². The highest BCUT2D eigenvalue weighted by molar-refractivity contribution is 7.99. The third-order valence-electron chi connectivity index (χ3n) is 6.10. The van der Waals surface area contributed by atoms with Crippen LogP contribution in [0.5, 0.6) is 11.5 Å². The van der Waals surface area contributed by atoms with Crippen LogP contribution in [0.1, 0.15) is 36.5 Å². The standard InChI is InChI=1S/C35H32O4S/c1-4-8-35(36)39-38-34-22-21-33(25-26(34)2)40-24-23-31(14-11-27-12-19-32(37-3)20-13-27)30-17-15-29(16-18-30)28-9-6-5-7-10-28/h5-7,9-10,12-13,15-23,25H,4,8,24H2,1-3H3. The predicted octanol–water partition coefficient (Wildman–Crippen LogP) is 8.54. The van der Waals surface area contributed by atoms with Gasteiger partial charge in [-0.3, -0.25) is 9.78 Å². The van der Waals surface area contributed by atoms with Crippen molar-refractivity contribution in [2.24, 2.45) is 0 Å². The first-order valence-electron chi connectivity index (χ1n) is 13.2. The van der Waals surface area contributed by atoms with E-state index in [1.54, 1.807) is 18.9 Å². The molecule has 5 heteroatoms. The van der Waals surface area contributed by atoms with Crippen LogP contribution in [0.15, 0.2) is 108 Å². The number of carbonyl (C=O) groups is 1. The van der Waals surface area contributed by atoms with E-state index in [0.29, 0.717) is 18.6 Å². The third kappa shape index (κ3) is 8.30. The number of hydrogen-bond donors (Lipinski definition) is 0. The molecule has 0 radical (unpaired) electrons. The van der Waals surface area contributed by atoms with Crippen molar-refractivity contribution in [1.29, 1.82) is 0 Å². The molecule has 0 saturated heterocycles. The molecular weight excluding hydrogens is 516 g/mol. The van der Waals surface area contributed by atoms with Crippen LogP contribution >= 0.6 is 11.8 Å². The van der Waals surface area contributed by atoms with Gasteiger partial charge in [0.1, 0.15) is 5.75 Å². The van der Waals surface area contributed by atoms with Gasteiger partial charge in [-0.2, -0.15) is 0 Å². The second kappa shape index (κ2) is 14.7. The van der Waals surface area contributed by atoms with E-state index in [0.717, 1.165) is 38.7 Å². The monoisotopic (exact) mass is 548 g/mol. The van der Waals surface area contributed by atoms with E-state index >= 15 is 0 Å². The summed E-state index contributed by atoms with van der Waals surface area (Å²) in [5, 5.41) is 0. The fourth-order valence-electron chi connectivity index (χ4n) is 3.89. The average molecular weight is 549 g/mol. The Morgan fingerprint density at radius 1 is 0.900 bits per heavy atom. The summed E-state index contributed by atoms with van der Waals surface area (Å²) in [4.78, 5) is 22.8. The molecule has 0 N–H and O–H groups in total. The Hall–Kier alpha value is -4.40. The summed E-state index contributed by atoms with van der Waals surface area (Å²) in [5.74, 6) is 8.39. The van der Waals surface area contributed by atoms with Gasteiger partial charge in [0.25, 0.3) is 0 Å². The number of aryl methyl sites for hydroxylation is 1. The van der Waals surface area contributed by atoms with Gasteiger partial charge < -0.3 is 4.74 Å². The van der Waals surface area contributed by atoms with Crippen molar-refractivity contribution in [2.45, 2.75) is 31.6 Å². The zero-order valence-corrected chi connectivity index (χ0v) is 23.8. The second-order valence-electron chi connectivity index (χ2n) is 9.07. The second-order valence-corrected chi connectivity index (χ2v) is 10.2. The smallest absolute Gasteiger partial charge is 0.355 e. The molecule has 0 atom stereocenters. The number of benzene rings is 4. The van der Waals surface area contributed by atoms with Gasteiger partial charge in [-0.1, -0.05) is 79.4 Å². The summed E-state index contributed by atoms with van der Waals surface area (Å²) < 4.78 is 5.26. The zero-order chi connectivity index (χ0) is 28.2. The molecule has 40 heavy (non-hydrogen) atoms. The molecule has 0 fully saturated rings. The summed E-state index contributed by atoms with van der Waals surface area (Å²) in [7, 11) is 1.66. The van der Waals surface area contributed by atoms with E-state index in [-0.39, 0.29) is 5.97 Å². The maximum Gasteiger partial charge on any atom is 0.355 e. The molecule has 0 unspecified atom stereocenters. The van der Waals surface area contributed by atoms with Crippen molar-refractivity contribution in [3.05, 3.63) is 120 Å². The lowest BCUT2D eigenvalue weighted by Crippen LogP contribution is -2.07. The fraction of sp³-hybridized carbons (Fsp3) is 0.171. The van der Waals surface area contributed by atoms with Gasteiger partial charge in [0.05, 0.1) is 7.11 Å². The van der Waals surface area contributed by atoms with E-state index in [1.807, 2.05) is 74.5 Å². The van der Waals surface area contributed by atoms with Crippen molar-refractivity contribution < 1.29 is 19.3 Å². The van der Waals surface area contributed by atoms with Crippen LogP contribution in [0.3, 0.4) is 0 Å². The van der Waals surface area contributed by atoms with Crippen LogP contribution in [0.2, 0.25) is 0 Å². The molecule has 0 spiro atoms. The molecule has 0 aliphatic heterocycles. The first-order valence-corrected chi connectivity index (χ1v) is 14.2. The van der Waals surface area contributed by atoms with Gasteiger partial charge >= 0.3 is 5.97 Å². The van der Waals surface area contributed by atoms with Gasteiger partial charge in [0, 0.05) is 28.2 Å². The molecule has 0 saturated carbocycles. The quantitative estimate of drug-likeness (QED) is 0.0860. The Bertz CT molecular complexity index is 1500. The van der Waals surface area contributed by atoms with Crippen LogP contribution in [0.25, 0.3) is 16.7 Å². The first kappa shape index (κ1) is 28.6. The lowest BCUT2D eigenvalue weighted by molar-refractivity contribution is -0.214. The van der Waals surface area contributed by atoms with Crippen molar-refractivity contribution in [2.75, 3.05) is 12.9 Å². The lowest BCUT2D eigenvalue weighted by atomic mass is 10.0. The highest BCUT2D eigenvalue weighted by Gasteiger charge is 2.08. The topological polar surface area (TPSA) is 44.8 Å². The highest BCUT2D eigenvalue weighted by atomic mass is 32.2. The van der Waals surface area contributed by atoms with Crippen LogP contribution in [-0.2, 0) is 9.68 Å². The van der Waals surface area contributed by atoms with Gasteiger partial charge in [0.15, 0.2) is 5.75 Å². The predicted molar refractivity (Wildman–Crippen MR) is 163 cm³/mol. The Morgan fingerprint density at radius 2 is 1.62 bits per heavy atom. The van der Waals surface area contributed by atoms with Crippen molar-refractivity contribution >= 4 is 23.3 Å². The SMILES string of the molecule is CCCC(=O)OOc1ccc(SCC=C(C#Cc2ccc(OC)cc2)c2ccc(-c3ccccc3)cc2)cc1C. The van der Waals surface area contributed by atoms with Crippen LogP contribution < -0.4 is 9.62 Å². The third-order valence-corrected chi connectivity index (χ3v) is 7.02. The van der Waals surface area contributed by atoms with Crippen molar-refractivity contribution in [1.82, 2.24) is 0 Å². The number of ether oxygens (including phenoxy) is 1. The van der Waals surface area contributed by atoms with Crippen LogP contribution in [0.4, 0.5) is 0 Å². The average Bonchev–Trinajstić information content (AvgIpc) is 2.99.